The molecule has 0 spiro atoms. The molecule has 0 fully saturated rings. The zero-order chi connectivity index (χ0) is 15.2. The normalized spacial score (nSPS) is 12.4. The fourth-order valence-electron chi connectivity index (χ4n) is 1.39. The molecule has 1 rings (SSSR count). The van der Waals surface area contributed by atoms with Gasteiger partial charge in [-0.3, -0.25) is 4.98 Å². The maximum Gasteiger partial charge on any atom is 0.153 e. The maximum absolute atomic E-state index is 11.3. The van der Waals surface area contributed by atoms with Crippen LogP contribution in [0, 0.1) is 0 Å². The van der Waals surface area contributed by atoms with E-state index in [1.165, 1.54) is 0 Å². The highest BCUT2D eigenvalue weighted by Gasteiger charge is 2.09. The summed E-state index contributed by atoms with van der Waals surface area (Å²) < 4.78 is 28.0. The first-order valence-corrected chi connectivity index (χ1v) is 8.57. The minimum atomic E-state index is -2.98. The summed E-state index contributed by atoms with van der Waals surface area (Å²) in [5, 5.41) is 3.35. The van der Waals surface area contributed by atoms with Crippen LogP contribution in [0.4, 0.5) is 0 Å². The molecule has 0 bridgehead atoms. The number of hydrogen-bond donors (Lipinski definition) is 1. The fourth-order valence-corrected chi connectivity index (χ4v) is 2.01. The number of aromatic nitrogens is 1. The van der Waals surface area contributed by atoms with Gasteiger partial charge in [-0.05, 0) is 32.9 Å². The second-order valence-electron chi connectivity index (χ2n) is 5.67. The number of hydrogen-bond acceptors (Lipinski definition) is 5. The van der Waals surface area contributed by atoms with Crippen LogP contribution in [-0.2, 0) is 16.4 Å². The van der Waals surface area contributed by atoms with Crippen molar-refractivity contribution in [3.8, 4) is 5.75 Å². The van der Waals surface area contributed by atoms with Crippen molar-refractivity contribution < 1.29 is 13.2 Å². The van der Waals surface area contributed by atoms with Crippen molar-refractivity contribution in [1.29, 1.82) is 0 Å². The Morgan fingerprint density at radius 1 is 1.30 bits per heavy atom. The Morgan fingerprint density at radius 2 is 2.00 bits per heavy atom. The van der Waals surface area contributed by atoms with E-state index in [1.807, 2.05) is 12.1 Å². The van der Waals surface area contributed by atoms with Crippen LogP contribution in [0.5, 0.6) is 5.75 Å². The van der Waals surface area contributed by atoms with Crippen LogP contribution in [0.2, 0.25) is 0 Å². The average molecular weight is 300 g/mol. The number of ether oxygens (including phenoxy) is 1. The Hall–Kier alpha value is -1.14. The van der Waals surface area contributed by atoms with Gasteiger partial charge in [0.25, 0.3) is 0 Å². The van der Waals surface area contributed by atoms with Crippen molar-refractivity contribution in [2.45, 2.75) is 39.8 Å². The van der Waals surface area contributed by atoms with Gasteiger partial charge in [0.2, 0.25) is 0 Å². The quantitative estimate of drug-likeness (QED) is 0.831. The first-order chi connectivity index (χ1) is 9.22. The summed E-state index contributed by atoms with van der Waals surface area (Å²) in [6.07, 6.45) is 1.62. The molecule has 1 N–H and O–H groups in total. The lowest BCUT2D eigenvalue weighted by Gasteiger charge is -2.20. The third kappa shape index (κ3) is 6.86. The lowest BCUT2D eigenvalue weighted by molar-refractivity contribution is 0.339. The highest BCUT2D eigenvalue weighted by molar-refractivity contribution is 7.91. The van der Waals surface area contributed by atoms with Gasteiger partial charge in [0.05, 0.1) is 17.6 Å². The zero-order valence-electron chi connectivity index (χ0n) is 12.6. The van der Waals surface area contributed by atoms with Gasteiger partial charge >= 0.3 is 0 Å². The van der Waals surface area contributed by atoms with Crippen molar-refractivity contribution in [2.75, 3.05) is 18.1 Å². The molecule has 0 amide bonds. The van der Waals surface area contributed by atoms with Gasteiger partial charge in [-0.15, -0.1) is 0 Å². The molecule has 0 radical (unpaired) electrons. The maximum atomic E-state index is 11.3. The van der Waals surface area contributed by atoms with Gasteiger partial charge < -0.3 is 10.1 Å². The highest BCUT2D eigenvalue weighted by Crippen LogP contribution is 2.10. The third-order valence-corrected chi connectivity index (χ3v) is 4.37. The van der Waals surface area contributed by atoms with Crippen LogP contribution < -0.4 is 10.1 Å². The minimum absolute atomic E-state index is 0.0385. The summed E-state index contributed by atoms with van der Waals surface area (Å²) in [7, 11) is -2.98. The van der Waals surface area contributed by atoms with Gasteiger partial charge in [0.1, 0.15) is 12.4 Å². The summed E-state index contributed by atoms with van der Waals surface area (Å²) in [5.41, 5.74) is 0.971. The molecule has 0 atom stereocenters. The molecule has 1 aromatic rings. The molecule has 0 aliphatic carbocycles. The summed E-state index contributed by atoms with van der Waals surface area (Å²) in [4.78, 5) is 4.28. The second-order valence-corrected chi connectivity index (χ2v) is 8.15. The van der Waals surface area contributed by atoms with E-state index in [2.05, 4.69) is 31.1 Å². The average Bonchev–Trinajstić information content (AvgIpc) is 2.37. The molecule has 1 aromatic heterocycles. The van der Waals surface area contributed by atoms with Crippen LogP contribution >= 0.6 is 0 Å². The molecule has 1 heterocycles. The molecule has 0 unspecified atom stereocenters. The Bertz CT molecular complexity index is 504. The number of sulfone groups is 1. The van der Waals surface area contributed by atoms with Crippen LogP contribution in [0.1, 0.15) is 33.4 Å². The summed E-state index contributed by atoms with van der Waals surface area (Å²) in [6, 6.07) is 3.69. The van der Waals surface area contributed by atoms with Crippen LogP contribution in [0.25, 0.3) is 0 Å². The smallest absolute Gasteiger partial charge is 0.153 e. The van der Waals surface area contributed by atoms with Gasteiger partial charge in [0, 0.05) is 17.8 Å². The van der Waals surface area contributed by atoms with E-state index in [1.54, 1.807) is 13.1 Å². The molecular formula is C14H24N2O3S. The van der Waals surface area contributed by atoms with E-state index in [9.17, 15) is 8.42 Å². The summed E-state index contributed by atoms with van der Waals surface area (Å²) in [6.45, 7) is 8.77. The van der Waals surface area contributed by atoms with Crippen molar-refractivity contribution in [3.63, 3.8) is 0 Å². The Labute approximate surface area is 121 Å². The van der Waals surface area contributed by atoms with Gasteiger partial charge in [-0.1, -0.05) is 6.92 Å². The number of nitrogens with one attached hydrogen (secondary N) is 1. The van der Waals surface area contributed by atoms with E-state index >= 15 is 0 Å². The van der Waals surface area contributed by atoms with E-state index in [0.29, 0.717) is 12.3 Å². The molecule has 5 nitrogen and oxygen atoms in total. The summed E-state index contributed by atoms with van der Waals surface area (Å²) >= 11 is 0. The first-order valence-electron chi connectivity index (χ1n) is 6.75. The predicted molar refractivity (Wildman–Crippen MR) is 80.7 cm³/mol. The Balaban J connectivity index is 2.43. The summed E-state index contributed by atoms with van der Waals surface area (Å²) in [5.74, 6) is 0.777. The molecule has 0 aliphatic rings. The predicted octanol–water partition coefficient (Wildman–Crippen LogP) is 1.78. The molecule has 20 heavy (non-hydrogen) atoms. The van der Waals surface area contributed by atoms with E-state index in [-0.39, 0.29) is 23.7 Å². The van der Waals surface area contributed by atoms with Gasteiger partial charge in [-0.2, -0.15) is 0 Å². The molecule has 0 aliphatic heterocycles. The zero-order valence-corrected chi connectivity index (χ0v) is 13.5. The second kappa shape index (κ2) is 7.04. The van der Waals surface area contributed by atoms with E-state index in [0.717, 1.165) is 5.69 Å². The van der Waals surface area contributed by atoms with Crippen LogP contribution in [-0.4, -0.2) is 37.1 Å². The highest BCUT2D eigenvalue weighted by atomic mass is 32.2. The fraction of sp³-hybridized carbons (Fsp3) is 0.643. The number of pyridine rings is 1. The van der Waals surface area contributed by atoms with Crippen molar-refractivity contribution >= 4 is 9.84 Å². The first kappa shape index (κ1) is 16.9. The third-order valence-electron chi connectivity index (χ3n) is 2.70. The molecule has 0 aromatic carbocycles. The molecule has 0 saturated heterocycles. The molecular weight excluding hydrogens is 276 g/mol. The van der Waals surface area contributed by atoms with Crippen molar-refractivity contribution in [3.05, 3.63) is 24.0 Å². The largest absolute Gasteiger partial charge is 0.491 e. The number of nitrogens with zero attached hydrogens (tertiary/aromatic N) is 1. The minimum Gasteiger partial charge on any atom is -0.491 e. The topological polar surface area (TPSA) is 68.3 Å². The van der Waals surface area contributed by atoms with Crippen molar-refractivity contribution in [1.82, 2.24) is 10.3 Å². The van der Waals surface area contributed by atoms with Gasteiger partial charge in [0.15, 0.2) is 9.84 Å². The Kier molecular flexibility index (Phi) is 5.95. The van der Waals surface area contributed by atoms with Gasteiger partial charge in [-0.25, -0.2) is 8.42 Å². The monoisotopic (exact) mass is 300 g/mol. The molecule has 0 saturated carbocycles. The van der Waals surface area contributed by atoms with Crippen molar-refractivity contribution in [2.24, 2.45) is 0 Å². The van der Waals surface area contributed by atoms with E-state index < -0.39 is 9.84 Å². The standard InChI is InChI=1S/C14H24N2O3S/c1-5-20(17,18)9-8-19-13-7-6-12(15-11-13)10-16-14(2,3)4/h6-7,11,16H,5,8-10H2,1-4H3. The van der Waals surface area contributed by atoms with Crippen LogP contribution in [0.15, 0.2) is 18.3 Å². The van der Waals surface area contributed by atoms with Crippen LogP contribution in [0.3, 0.4) is 0 Å². The lowest BCUT2D eigenvalue weighted by atomic mass is 10.1. The SMILES string of the molecule is CCS(=O)(=O)CCOc1ccc(CNC(C)(C)C)nc1. The number of rotatable bonds is 7. The Morgan fingerprint density at radius 3 is 2.50 bits per heavy atom. The lowest BCUT2D eigenvalue weighted by Crippen LogP contribution is -2.35. The molecule has 114 valence electrons. The van der Waals surface area contributed by atoms with E-state index in [4.69, 9.17) is 4.74 Å². The molecule has 6 heteroatoms.